The molecule has 56 heavy (non-hydrogen) atoms. The summed E-state index contributed by atoms with van der Waals surface area (Å²) in [6, 6.07) is 11.5. The smallest absolute Gasteiger partial charge is 0.192 e. The van der Waals surface area contributed by atoms with Crippen LogP contribution in [0.5, 0.6) is 0 Å². The van der Waals surface area contributed by atoms with Gasteiger partial charge in [-0.2, -0.15) is 89.5 Å². The lowest BCUT2D eigenvalue weighted by Gasteiger charge is -2.18. The van der Waals surface area contributed by atoms with E-state index in [1.165, 1.54) is 24.3 Å². The number of allylic oxidation sites excluding steroid dienone is 8. The summed E-state index contributed by atoms with van der Waals surface area (Å²) in [5.74, 6) is 0. The van der Waals surface area contributed by atoms with Crippen LogP contribution in [0.2, 0.25) is 0 Å². The minimum Gasteiger partial charge on any atom is -0.192 e. The van der Waals surface area contributed by atoms with Gasteiger partial charge in [0, 0.05) is 33.4 Å². The Morgan fingerprint density at radius 3 is 1.00 bits per heavy atom. The van der Waals surface area contributed by atoms with Crippen LogP contribution in [0.3, 0.4) is 0 Å². The Kier molecular flexibility index (Phi) is 9.33. The van der Waals surface area contributed by atoms with Gasteiger partial charge in [0.2, 0.25) is 0 Å². The molecule has 3 aromatic rings. The number of rotatable bonds is 2. The second-order valence-corrected chi connectivity index (χ2v) is 11.5. The third-order valence-corrected chi connectivity index (χ3v) is 8.43. The van der Waals surface area contributed by atoms with Crippen molar-refractivity contribution in [2.24, 2.45) is 0 Å². The fourth-order valence-corrected chi connectivity index (χ4v) is 6.27. The number of hydrogen-bond acceptors (Lipinski definition) is 7. The second kappa shape index (κ2) is 13.3. The topological polar surface area (TPSA) is 167 Å². The van der Waals surface area contributed by atoms with E-state index < -0.39 is 130 Å². The van der Waals surface area contributed by atoms with Crippen molar-refractivity contribution in [3.63, 3.8) is 0 Å². The molecule has 0 fully saturated rings. The molecular weight excluding hydrogens is 770 g/mol. The molecule has 2 aliphatic carbocycles. The number of nitrogens with zero attached hydrogens (tertiary/aromatic N) is 7. The Hall–Kier alpha value is -7.79. The van der Waals surface area contributed by atoms with Crippen LogP contribution in [0.15, 0.2) is 53.6 Å². The van der Waals surface area contributed by atoms with Crippen LogP contribution in [0, 0.1) is 79.3 Å². The van der Waals surface area contributed by atoms with Gasteiger partial charge in [-0.3, -0.25) is 0 Å². The number of benzene rings is 3. The molecule has 274 valence electrons. The molecule has 0 atom stereocenters. The van der Waals surface area contributed by atoms with Crippen molar-refractivity contribution < 1.29 is 52.7 Å². The molecule has 2 aliphatic rings. The van der Waals surface area contributed by atoms with Gasteiger partial charge in [-0.1, -0.05) is 0 Å². The van der Waals surface area contributed by atoms with Gasteiger partial charge in [0.05, 0.1) is 39.0 Å². The van der Waals surface area contributed by atoms with Crippen LogP contribution < -0.4 is 0 Å². The van der Waals surface area contributed by atoms with Gasteiger partial charge in [0.15, 0.2) is 0 Å². The Balaban J connectivity index is 1.98. The largest absolute Gasteiger partial charge is 0.417 e. The molecule has 7 nitrogen and oxygen atoms in total. The van der Waals surface area contributed by atoms with E-state index in [0.29, 0.717) is 0 Å². The highest BCUT2D eigenvalue weighted by Crippen LogP contribution is 2.56. The first-order valence-corrected chi connectivity index (χ1v) is 14.6. The first kappa shape index (κ1) is 39.4. The molecule has 0 saturated carbocycles. The van der Waals surface area contributed by atoms with E-state index in [-0.39, 0.29) is 30.3 Å². The molecule has 0 aromatic heterocycles. The van der Waals surface area contributed by atoms with E-state index in [2.05, 4.69) is 0 Å². The van der Waals surface area contributed by atoms with Crippen molar-refractivity contribution in [2.45, 2.75) is 24.7 Å². The summed E-state index contributed by atoms with van der Waals surface area (Å²) in [4.78, 5) is 0. The fourth-order valence-electron chi connectivity index (χ4n) is 6.27. The molecule has 0 spiro atoms. The van der Waals surface area contributed by atoms with Gasteiger partial charge in [-0.15, -0.1) is 0 Å². The minimum absolute atomic E-state index is 0.0613. The molecule has 0 N–H and O–H groups in total. The summed E-state index contributed by atoms with van der Waals surface area (Å²) in [6.07, 6.45) is -22.1. The van der Waals surface area contributed by atoms with Crippen molar-refractivity contribution in [1.82, 2.24) is 0 Å². The summed E-state index contributed by atoms with van der Waals surface area (Å²) < 4.78 is 168. The zero-order valence-electron chi connectivity index (χ0n) is 26.7. The predicted molar refractivity (Wildman–Crippen MR) is 165 cm³/mol. The quantitative estimate of drug-likeness (QED) is 0.184. The SMILES string of the molecule is N#CC(C#N)=C1C(c2cc(C(F)(F)F)cc(C(F)(F)F)c2)=C(C#N)c2cc3c(cc21)C(C#N)=C(c1cc(C(F)(F)F)c(C#N)c(C(F)(F)F)c1)C3=C(C#N)C#N. The molecule has 0 aliphatic heterocycles. The zero-order valence-corrected chi connectivity index (χ0v) is 26.7. The normalized spacial score (nSPS) is 13.7. The lowest BCUT2D eigenvalue weighted by molar-refractivity contribution is -0.144. The van der Waals surface area contributed by atoms with E-state index in [9.17, 15) is 89.5 Å². The molecule has 0 radical (unpaired) electrons. The van der Waals surface area contributed by atoms with E-state index in [1.807, 2.05) is 0 Å². The van der Waals surface area contributed by atoms with Gasteiger partial charge < -0.3 is 0 Å². The van der Waals surface area contributed by atoms with Crippen molar-refractivity contribution in [3.8, 4) is 42.5 Å². The maximum absolute atomic E-state index is 14.2. The predicted octanol–water partition coefficient (Wildman–Crippen LogP) is 10.1. The molecule has 19 heteroatoms. The molecule has 3 aromatic carbocycles. The monoisotopic (exact) mass is 777 g/mol. The number of halogens is 12. The maximum Gasteiger partial charge on any atom is 0.417 e. The van der Waals surface area contributed by atoms with Gasteiger partial charge in [-0.25, -0.2) is 0 Å². The van der Waals surface area contributed by atoms with Crippen LogP contribution in [-0.2, 0) is 24.7 Å². The van der Waals surface area contributed by atoms with Crippen molar-refractivity contribution in [3.05, 3.63) is 115 Å². The van der Waals surface area contributed by atoms with Crippen molar-refractivity contribution >= 4 is 33.4 Å². The van der Waals surface area contributed by atoms with Crippen molar-refractivity contribution in [2.75, 3.05) is 0 Å². The molecule has 0 unspecified atom stereocenters. The van der Waals surface area contributed by atoms with E-state index >= 15 is 0 Å². The highest BCUT2D eigenvalue weighted by atomic mass is 19.4. The van der Waals surface area contributed by atoms with Crippen molar-refractivity contribution in [1.29, 1.82) is 36.8 Å². The third-order valence-electron chi connectivity index (χ3n) is 8.43. The minimum atomic E-state index is -5.62. The van der Waals surface area contributed by atoms with Crippen LogP contribution in [0.1, 0.15) is 61.2 Å². The average molecular weight is 777 g/mol. The Morgan fingerprint density at radius 2 is 0.732 bits per heavy atom. The molecule has 5 rings (SSSR count). The van der Waals surface area contributed by atoms with Gasteiger partial charge in [-0.05, 0) is 64.7 Å². The summed E-state index contributed by atoms with van der Waals surface area (Å²) in [6.45, 7) is 0. The van der Waals surface area contributed by atoms with Crippen LogP contribution in [0.4, 0.5) is 52.7 Å². The first-order chi connectivity index (χ1) is 26.0. The number of alkyl halides is 12. The van der Waals surface area contributed by atoms with E-state index in [0.717, 1.165) is 18.2 Å². The lowest BCUT2D eigenvalue weighted by atomic mass is 9.88. The summed E-state index contributed by atoms with van der Waals surface area (Å²) in [5, 5.41) is 69.3. The first-order valence-electron chi connectivity index (χ1n) is 14.6. The number of hydrogen-bond donors (Lipinski definition) is 0. The number of fused-ring (bicyclic) bond motifs is 2. The summed E-state index contributed by atoms with van der Waals surface area (Å²) in [5.41, 5.74) is -20.8. The lowest BCUT2D eigenvalue weighted by Crippen LogP contribution is -2.16. The molecular formula is C37H7F12N7. The van der Waals surface area contributed by atoms with Gasteiger partial charge >= 0.3 is 24.7 Å². The second-order valence-electron chi connectivity index (χ2n) is 11.5. The van der Waals surface area contributed by atoms with Crippen LogP contribution >= 0.6 is 0 Å². The van der Waals surface area contributed by atoms with Crippen LogP contribution in [-0.4, -0.2) is 0 Å². The summed E-state index contributed by atoms with van der Waals surface area (Å²) >= 11 is 0. The molecule has 0 bridgehead atoms. The van der Waals surface area contributed by atoms with Crippen LogP contribution in [0.25, 0.3) is 33.4 Å². The highest BCUT2D eigenvalue weighted by Gasteiger charge is 2.44. The Labute approximate surface area is 304 Å². The maximum atomic E-state index is 14.2. The van der Waals surface area contributed by atoms with Gasteiger partial charge in [0.25, 0.3) is 0 Å². The van der Waals surface area contributed by atoms with E-state index in [1.54, 1.807) is 12.1 Å². The number of nitriles is 7. The molecule has 0 saturated heterocycles. The fraction of sp³-hybridized carbons (Fsp3) is 0.108. The zero-order chi connectivity index (χ0) is 41.9. The highest BCUT2D eigenvalue weighted by molar-refractivity contribution is 6.30. The Bertz CT molecular complexity index is 2660. The molecule has 0 amide bonds. The third kappa shape index (κ3) is 6.32. The standard InChI is InChI=1S/C37H7F12N7/c38-34(39,40)19-1-15(2-20(5-19)35(41,42)43)30-25(12-54)21-6-24-22(7-23(21)32(30)17(8-50)9-51)26(13-55)31(33(24)18(10-52)11-53)16-3-28(36(44,45)46)27(14-56)29(4-16)37(47,48)49/h1-7H. The summed E-state index contributed by atoms with van der Waals surface area (Å²) in [7, 11) is 0. The average Bonchev–Trinajstić information content (AvgIpc) is 3.61. The van der Waals surface area contributed by atoms with Gasteiger partial charge in [0.1, 0.15) is 53.6 Å². The molecule has 0 heterocycles. The van der Waals surface area contributed by atoms with E-state index in [4.69, 9.17) is 0 Å². The Morgan fingerprint density at radius 1 is 0.393 bits per heavy atom.